The molecule has 1 aliphatic rings. The van der Waals surface area contributed by atoms with Crippen LogP contribution in [0.25, 0.3) is 0 Å². The van der Waals surface area contributed by atoms with Crippen LogP contribution in [-0.2, 0) is 0 Å². The highest BCUT2D eigenvalue weighted by Crippen LogP contribution is 2.64. The number of halogens is 1. The van der Waals surface area contributed by atoms with E-state index in [-0.39, 0.29) is 0 Å². The van der Waals surface area contributed by atoms with E-state index in [9.17, 15) is 0 Å². The lowest BCUT2D eigenvalue weighted by Crippen LogP contribution is -2.53. The van der Waals surface area contributed by atoms with Crippen LogP contribution >= 0.6 is 11.1 Å². The maximum Gasteiger partial charge on any atom is 0.171 e. The summed E-state index contributed by atoms with van der Waals surface area (Å²) in [5.41, 5.74) is 0. The summed E-state index contributed by atoms with van der Waals surface area (Å²) in [7, 11) is 0.471. The largest absolute Gasteiger partial charge is 0.354 e. The molecule has 1 saturated heterocycles. The Kier molecular flexibility index (Phi) is 2.54. The van der Waals surface area contributed by atoms with Gasteiger partial charge in [0.2, 0.25) is 0 Å². The minimum absolute atomic E-state index is 0.325. The molecule has 1 nitrogen and oxygen atoms in total. The Labute approximate surface area is 83.5 Å². The Morgan fingerprint density at radius 3 is 1.67 bits per heavy atom. The van der Waals surface area contributed by atoms with E-state index in [0.717, 1.165) is 0 Å². The Hall–Kier alpha value is 0.684. The van der Waals surface area contributed by atoms with Crippen molar-refractivity contribution in [3.05, 3.63) is 0 Å². The first-order chi connectivity index (χ1) is 5.27. The van der Waals surface area contributed by atoms with Gasteiger partial charge in [-0.3, -0.25) is 0 Å². The van der Waals surface area contributed by atoms with Gasteiger partial charge in [-0.25, -0.2) is 0 Å². The molecule has 0 amide bonds. The molecule has 0 spiro atoms. The van der Waals surface area contributed by atoms with Crippen molar-refractivity contribution in [2.45, 2.75) is 50.6 Å². The van der Waals surface area contributed by atoms with Crippen molar-refractivity contribution < 1.29 is 0 Å². The molecular formula is C8H18ClNSi2. The van der Waals surface area contributed by atoms with Gasteiger partial charge in [-0.2, -0.15) is 11.1 Å². The standard InChI is InChI=1S/C8H18ClNSi2/c1-7(2)5-6-8(3,4)12(7,9)11-10/h5-6,10H2,1-4H3. The van der Waals surface area contributed by atoms with Crippen molar-refractivity contribution in [1.29, 1.82) is 0 Å². The predicted molar refractivity (Wildman–Crippen MR) is 58.9 cm³/mol. The van der Waals surface area contributed by atoms with Crippen molar-refractivity contribution in [1.82, 2.24) is 0 Å². The van der Waals surface area contributed by atoms with Crippen LogP contribution in [0.5, 0.6) is 0 Å². The molecule has 70 valence electrons. The maximum atomic E-state index is 6.76. The van der Waals surface area contributed by atoms with Crippen LogP contribution in [0.1, 0.15) is 40.5 Å². The molecule has 1 fully saturated rings. The summed E-state index contributed by atoms with van der Waals surface area (Å²) in [4.78, 5) is 0. The molecule has 4 heteroatoms. The van der Waals surface area contributed by atoms with Crippen molar-refractivity contribution in [3.63, 3.8) is 0 Å². The lowest BCUT2D eigenvalue weighted by atomic mass is 10.0. The van der Waals surface area contributed by atoms with E-state index in [0.29, 0.717) is 19.3 Å². The van der Waals surface area contributed by atoms with E-state index in [1.165, 1.54) is 12.8 Å². The van der Waals surface area contributed by atoms with Gasteiger partial charge in [-0.1, -0.05) is 27.7 Å². The van der Waals surface area contributed by atoms with Crippen molar-refractivity contribution in [2.24, 2.45) is 5.40 Å². The van der Waals surface area contributed by atoms with Crippen molar-refractivity contribution >= 4 is 27.2 Å². The third kappa shape index (κ3) is 1.22. The van der Waals surface area contributed by atoms with Gasteiger partial charge in [-0.15, -0.1) is 0 Å². The number of nitrogens with two attached hydrogens (primary N) is 1. The molecule has 0 saturated carbocycles. The summed E-state index contributed by atoms with van der Waals surface area (Å²) in [6.07, 6.45) is 2.50. The third-order valence-corrected chi connectivity index (χ3v) is 17.4. The molecule has 0 aromatic rings. The monoisotopic (exact) mass is 219 g/mol. The van der Waals surface area contributed by atoms with Crippen LogP contribution < -0.4 is 5.40 Å². The summed E-state index contributed by atoms with van der Waals surface area (Å²) in [5.74, 6) is 0. The van der Waals surface area contributed by atoms with E-state index < -0.39 is 6.90 Å². The molecule has 1 heterocycles. The molecule has 2 N–H and O–H groups in total. The van der Waals surface area contributed by atoms with Crippen LogP contribution in [0, 0.1) is 0 Å². The topological polar surface area (TPSA) is 26.0 Å². The van der Waals surface area contributed by atoms with E-state index in [1.54, 1.807) is 0 Å². The Bertz CT molecular complexity index is 175. The Balaban J connectivity index is 3.04. The molecule has 1 rings (SSSR count). The lowest BCUT2D eigenvalue weighted by molar-refractivity contribution is 0.577. The fraction of sp³-hybridized carbons (Fsp3) is 1.00. The Morgan fingerprint density at radius 2 is 1.50 bits per heavy atom. The number of hydrogen-bond donors (Lipinski definition) is 1. The zero-order valence-corrected chi connectivity index (χ0v) is 11.1. The van der Waals surface area contributed by atoms with E-state index in [4.69, 9.17) is 16.5 Å². The molecule has 0 aliphatic carbocycles. The normalized spacial score (nSPS) is 30.5. The maximum absolute atomic E-state index is 6.76. The zero-order valence-electron chi connectivity index (χ0n) is 8.37. The van der Waals surface area contributed by atoms with Crippen LogP contribution in [0.15, 0.2) is 0 Å². The first-order valence-electron chi connectivity index (χ1n) is 4.43. The molecule has 0 unspecified atom stereocenters. The first-order valence-corrected chi connectivity index (χ1v) is 9.52. The third-order valence-electron chi connectivity index (χ3n) is 3.44. The lowest BCUT2D eigenvalue weighted by Gasteiger charge is -2.40. The van der Waals surface area contributed by atoms with Crippen molar-refractivity contribution in [3.8, 4) is 0 Å². The van der Waals surface area contributed by atoms with Gasteiger partial charge in [0.15, 0.2) is 6.90 Å². The second-order valence-corrected chi connectivity index (χ2v) is 15.2. The second-order valence-electron chi connectivity index (χ2n) is 5.07. The van der Waals surface area contributed by atoms with Crippen LogP contribution in [0.2, 0.25) is 10.1 Å². The smallest absolute Gasteiger partial charge is 0.171 e. The molecule has 0 bridgehead atoms. The number of rotatable bonds is 1. The zero-order chi connectivity index (χ0) is 9.62. The summed E-state index contributed by atoms with van der Waals surface area (Å²) in [5, 5.41) is 6.53. The van der Waals surface area contributed by atoms with Gasteiger partial charge in [0, 0.05) is 0 Å². The van der Waals surface area contributed by atoms with Gasteiger partial charge in [0.05, 0.1) is 0 Å². The highest BCUT2D eigenvalue weighted by molar-refractivity contribution is 7.49. The van der Waals surface area contributed by atoms with Crippen LogP contribution in [0.4, 0.5) is 0 Å². The average molecular weight is 220 g/mol. The molecular weight excluding hydrogens is 202 g/mol. The van der Waals surface area contributed by atoms with Crippen LogP contribution in [0.3, 0.4) is 0 Å². The fourth-order valence-electron chi connectivity index (χ4n) is 2.28. The number of hydrogen-bond acceptors (Lipinski definition) is 1. The van der Waals surface area contributed by atoms with Gasteiger partial charge in [0.25, 0.3) is 0 Å². The summed E-state index contributed by atoms with van der Waals surface area (Å²) in [6.45, 7) is 7.43. The highest BCUT2D eigenvalue weighted by atomic mass is 35.6. The van der Waals surface area contributed by atoms with Gasteiger partial charge < -0.3 is 5.40 Å². The average Bonchev–Trinajstić information content (AvgIpc) is 2.12. The molecule has 12 heavy (non-hydrogen) atoms. The fourth-order valence-corrected chi connectivity index (χ4v) is 9.49. The van der Waals surface area contributed by atoms with E-state index in [1.807, 2.05) is 0 Å². The minimum Gasteiger partial charge on any atom is -0.354 e. The van der Waals surface area contributed by atoms with Crippen LogP contribution in [-0.4, -0.2) is 16.1 Å². The molecule has 0 atom stereocenters. The highest BCUT2D eigenvalue weighted by Gasteiger charge is 2.60. The minimum atomic E-state index is -1.74. The van der Waals surface area contributed by atoms with Crippen molar-refractivity contribution in [2.75, 3.05) is 0 Å². The predicted octanol–water partition coefficient (Wildman–Crippen LogP) is 2.60. The molecule has 0 aromatic carbocycles. The van der Waals surface area contributed by atoms with Gasteiger partial charge in [0.1, 0.15) is 9.20 Å². The van der Waals surface area contributed by atoms with E-state index >= 15 is 0 Å². The summed E-state index contributed by atoms with van der Waals surface area (Å²) < 4.78 is 0. The summed E-state index contributed by atoms with van der Waals surface area (Å²) >= 11 is 6.76. The SMILES string of the molecule is CC1(C)CCC(C)(C)[Si]1(Cl)[Si]N. The molecule has 1 aliphatic heterocycles. The second kappa shape index (κ2) is 2.84. The Morgan fingerprint density at radius 1 is 1.17 bits per heavy atom. The summed E-state index contributed by atoms with van der Waals surface area (Å²) in [6, 6.07) is 0. The van der Waals surface area contributed by atoms with E-state index in [2.05, 4.69) is 27.7 Å². The quantitative estimate of drug-likeness (QED) is 0.533. The first kappa shape index (κ1) is 10.8. The molecule has 0 aromatic heterocycles. The molecule has 2 radical (unpaired) electrons. The van der Waals surface area contributed by atoms with Gasteiger partial charge >= 0.3 is 0 Å². The van der Waals surface area contributed by atoms with Gasteiger partial charge in [-0.05, 0) is 22.9 Å².